The number of rotatable bonds is 8. The summed E-state index contributed by atoms with van der Waals surface area (Å²) in [5.41, 5.74) is 2.43. The fourth-order valence-electron chi connectivity index (χ4n) is 2.27. The molecule has 2 rings (SSSR count). The first-order valence-electron chi connectivity index (χ1n) is 7.63. The second-order valence-corrected chi connectivity index (χ2v) is 5.09. The second kappa shape index (κ2) is 8.58. The number of hydrogen-bond donors (Lipinski definition) is 3. The number of hydrazine groups is 1. The Kier molecular flexibility index (Phi) is 6.42. The summed E-state index contributed by atoms with van der Waals surface area (Å²) in [4.78, 5) is 14.9. The predicted molar refractivity (Wildman–Crippen MR) is 82.2 cm³/mol. The lowest BCUT2D eigenvalue weighted by atomic mass is 10.1. The van der Waals surface area contributed by atoms with E-state index in [-0.39, 0.29) is 0 Å². The summed E-state index contributed by atoms with van der Waals surface area (Å²) in [6, 6.07) is 0.292. The first-order chi connectivity index (χ1) is 10.3. The van der Waals surface area contributed by atoms with E-state index < -0.39 is 0 Å². The van der Waals surface area contributed by atoms with Crippen molar-refractivity contribution in [1.29, 1.82) is 0 Å². The standard InChI is InChI=1S/C13H25N7O/c1-2-10-21-13-17-11(16-12(18-13)19-14)15-6-9-20-7-4-3-5-8-20/h2-10,14H2,1H3,(H2,15,16,17,18,19). The van der Waals surface area contributed by atoms with Gasteiger partial charge >= 0.3 is 6.01 Å². The van der Waals surface area contributed by atoms with Crippen molar-refractivity contribution in [3.8, 4) is 6.01 Å². The molecule has 0 atom stereocenters. The molecule has 0 spiro atoms. The van der Waals surface area contributed by atoms with Gasteiger partial charge in [0, 0.05) is 13.1 Å². The number of nitrogens with one attached hydrogen (secondary N) is 2. The van der Waals surface area contributed by atoms with Gasteiger partial charge < -0.3 is 15.0 Å². The summed E-state index contributed by atoms with van der Waals surface area (Å²) in [6.07, 6.45) is 4.83. The average Bonchev–Trinajstić information content (AvgIpc) is 2.53. The maximum absolute atomic E-state index is 5.43. The molecule has 1 aromatic rings. The zero-order valence-corrected chi connectivity index (χ0v) is 12.6. The third-order valence-electron chi connectivity index (χ3n) is 3.34. The van der Waals surface area contributed by atoms with Crippen LogP contribution in [0.15, 0.2) is 0 Å². The molecule has 1 aliphatic rings. The zero-order chi connectivity index (χ0) is 14.9. The van der Waals surface area contributed by atoms with E-state index in [4.69, 9.17) is 10.6 Å². The van der Waals surface area contributed by atoms with E-state index >= 15 is 0 Å². The Morgan fingerprint density at radius 2 is 1.90 bits per heavy atom. The first-order valence-corrected chi connectivity index (χ1v) is 7.63. The molecule has 0 aliphatic carbocycles. The molecule has 2 heterocycles. The van der Waals surface area contributed by atoms with Crippen LogP contribution < -0.4 is 21.3 Å². The van der Waals surface area contributed by atoms with Gasteiger partial charge in [0.2, 0.25) is 11.9 Å². The summed E-state index contributed by atoms with van der Waals surface area (Å²) in [6.45, 7) is 6.74. The highest BCUT2D eigenvalue weighted by Crippen LogP contribution is 2.11. The van der Waals surface area contributed by atoms with Gasteiger partial charge in [-0.1, -0.05) is 13.3 Å². The summed E-state index contributed by atoms with van der Waals surface area (Å²) in [7, 11) is 0. The Morgan fingerprint density at radius 1 is 1.14 bits per heavy atom. The molecule has 8 nitrogen and oxygen atoms in total. The molecule has 4 N–H and O–H groups in total. The summed E-state index contributed by atoms with van der Waals surface area (Å²) >= 11 is 0. The molecule has 1 aliphatic heterocycles. The molecule has 0 radical (unpaired) electrons. The van der Waals surface area contributed by atoms with E-state index in [1.807, 2.05) is 6.92 Å². The van der Waals surface area contributed by atoms with Crippen molar-refractivity contribution in [3.63, 3.8) is 0 Å². The van der Waals surface area contributed by atoms with Gasteiger partial charge in [0.25, 0.3) is 0 Å². The van der Waals surface area contributed by atoms with E-state index in [0.29, 0.717) is 24.5 Å². The van der Waals surface area contributed by atoms with Crippen molar-refractivity contribution < 1.29 is 4.74 Å². The Balaban J connectivity index is 1.85. The van der Waals surface area contributed by atoms with Gasteiger partial charge in [-0.15, -0.1) is 0 Å². The van der Waals surface area contributed by atoms with Crippen molar-refractivity contribution in [2.24, 2.45) is 5.84 Å². The van der Waals surface area contributed by atoms with Gasteiger partial charge in [-0.25, -0.2) is 5.84 Å². The fourth-order valence-corrected chi connectivity index (χ4v) is 2.27. The molecule has 0 bridgehead atoms. The minimum absolute atomic E-state index is 0.292. The van der Waals surface area contributed by atoms with Crippen molar-refractivity contribution in [3.05, 3.63) is 0 Å². The molecule has 0 aromatic carbocycles. The minimum Gasteiger partial charge on any atom is -0.463 e. The normalized spacial score (nSPS) is 15.7. The van der Waals surface area contributed by atoms with Crippen molar-refractivity contribution in [2.45, 2.75) is 32.6 Å². The number of aromatic nitrogens is 3. The van der Waals surface area contributed by atoms with Crippen LogP contribution in [0.5, 0.6) is 6.01 Å². The summed E-state index contributed by atoms with van der Waals surface area (Å²) in [5, 5.41) is 3.20. The van der Waals surface area contributed by atoms with E-state index in [2.05, 4.69) is 30.6 Å². The summed E-state index contributed by atoms with van der Waals surface area (Å²) < 4.78 is 5.43. The van der Waals surface area contributed by atoms with Crippen LogP contribution in [-0.4, -0.2) is 52.6 Å². The SMILES string of the molecule is CCCOc1nc(NN)nc(NCCN2CCCCC2)n1. The highest BCUT2D eigenvalue weighted by atomic mass is 16.5. The van der Waals surface area contributed by atoms with Gasteiger partial charge in [0.15, 0.2) is 0 Å². The highest BCUT2D eigenvalue weighted by Gasteiger charge is 2.10. The van der Waals surface area contributed by atoms with Gasteiger partial charge in [-0.3, -0.25) is 5.43 Å². The number of hydrogen-bond acceptors (Lipinski definition) is 8. The Morgan fingerprint density at radius 3 is 2.62 bits per heavy atom. The van der Waals surface area contributed by atoms with E-state index in [0.717, 1.165) is 19.5 Å². The molecule has 1 fully saturated rings. The van der Waals surface area contributed by atoms with Crippen molar-refractivity contribution in [1.82, 2.24) is 19.9 Å². The van der Waals surface area contributed by atoms with Crippen molar-refractivity contribution in [2.75, 3.05) is 43.5 Å². The maximum atomic E-state index is 5.43. The molecule has 21 heavy (non-hydrogen) atoms. The molecule has 0 unspecified atom stereocenters. The number of anilines is 2. The van der Waals surface area contributed by atoms with E-state index in [9.17, 15) is 0 Å². The van der Waals surface area contributed by atoms with Crippen LogP contribution >= 0.6 is 0 Å². The van der Waals surface area contributed by atoms with Gasteiger partial charge in [0.05, 0.1) is 6.61 Å². The van der Waals surface area contributed by atoms with Crippen molar-refractivity contribution >= 4 is 11.9 Å². The molecular weight excluding hydrogens is 270 g/mol. The second-order valence-electron chi connectivity index (χ2n) is 5.09. The van der Waals surface area contributed by atoms with Crippen LogP contribution in [0.3, 0.4) is 0 Å². The maximum Gasteiger partial charge on any atom is 0.323 e. The van der Waals surface area contributed by atoms with Crippen LogP contribution in [0.25, 0.3) is 0 Å². The van der Waals surface area contributed by atoms with E-state index in [1.165, 1.54) is 32.4 Å². The molecule has 1 aromatic heterocycles. The fraction of sp³-hybridized carbons (Fsp3) is 0.769. The molecule has 0 saturated carbocycles. The Labute approximate surface area is 125 Å². The Hall–Kier alpha value is -1.67. The van der Waals surface area contributed by atoms with Gasteiger partial charge in [-0.2, -0.15) is 15.0 Å². The predicted octanol–water partition coefficient (Wildman–Crippen LogP) is 0.844. The monoisotopic (exact) mass is 295 g/mol. The Bertz CT molecular complexity index is 423. The highest BCUT2D eigenvalue weighted by molar-refractivity contribution is 5.34. The van der Waals surface area contributed by atoms with E-state index in [1.54, 1.807) is 0 Å². The quantitative estimate of drug-likeness (QED) is 0.479. The largest absolute Gasteiger partial charge is 0.463 e. The third kappa shape index (κ3) is 5.31. The lowest BCUT2D eigenvalue weighted by Gasteiger charge is -2.26. The third-order valence-corrected chi connectivity index (χ3v) is 3.34. The zero-order valence-electron chi connectivity index (χ0n) is 12.6. The first kappa shape index (κ1) is 15.7. The van der Waals surface area contributed by atoms with Gasteiger partial charge in [-0.05, 0) is 32.4 Å². The minimum atomic E-state index is 0.292. The number of likely N-dealkylation sites (tertiary alicyclic amines) is 1. The number of nitrogens with zero attached hydrogens (tertiary/aromatic N) is 4. The number of piperidine rings is 1. The number of ether oxygens (including phenoxy) is 1. The lowest BCUT2D eigenvalue weighted by Crippen LogP contribution is -2.34. The molecular formula is C13H25N7O. The van der Waals surface area contributed by atoms with Gasteiger partial charge in [0.1, 0.15) is 0 Å². The van der Waals surface area contributed by atoms with Crippen LogP contribution in [0.4, 0.5) is 11.9 Å². The number of nitrogen functional groups attached to an aromatic ring is 1. The smallest absolute Gasteiger partial charge is 0.323 e. The van der Waals surface area contributed by atoms with Crippen LogP contribution in [0.2, 0.25) is 0 Å². The molecule has 1 saturated heterocycles. The number of nitrogens with two attached hydrogens (primary N) is 1. The molecule has 118 valence electrons. The summed E-state index contributed by atoms with van der Waals surface area (Å²) in [5.74, 6) is 6.16. The lowest BCUT2D eigenvalue weighted by molar-refractivity contribution is 0.237. The van der Waals surface area contributed by atoms with Crippen LogP contribution in [0.1, 0.15) is 32.6 Å². The molecule has 0 amide bonds. The topological polar surface area (TPSA) is 101 Å². The molecule has 8 heteroatoms. The van der Waals surface area contributed by atoms with Crippen LogP contribution in [-0.2, 0) is 0 Å². The average molecular weight is 295 g/mol. The van der Waals surface area contributed by atoms with Crippen LogP contribution in [0, 0.1) is 0 Å².